The third-order valence-electron chi connectivity index (χ3n) is 15.6. The van der Waals surface area contributed by atoms with Crippen LogP contribution in [0.25, 0.3) is 0 Å². The van der Waals surface area contributed by atoms with Crippen molar-refractivity contribution in [2.45, 2.75) is 347 Å². The molecule has 0 spiro atoms. The average molecular weight is 1160 g/mol. The van der Waals surface area contributed by atoms with E-state index in [2.05, 4.69) is 62.5 Å². The van der Waals surface area contributed by atoms with E-state index >= 15 is 0 Å². The predicted molar refractivity (Wildman–Crippen MR) is 349 cm³/mol. The second kappa shape index (κ2) is 62.5. The summed E-state index contributed by atoms with van der Waals surface area (Å²) in [6.07, 6.45) is 80.9. The highest BCUT2D eigenvalue weighted by Crippen LogP contribution is 2.43. The molecule has 10 heteroatoms. The van der Waals surface area contributed by atoms with E-state index in [1.54, 1.807) is 0 Å². The van der Waals surface area contributed by atoms with Gasteiger partial charge in [-0.15, -0.1) is 0 Å². The van der Waals surface area contributed by atoms with E-state index < -0.39 is 26.5 Å². The Bertz CT molecular complexity index is 1510. The summed E-state index contributed by atoms with van der Waals surface area (Å²) < 4.78 is 34.7. The van der Waals surface area contributed by atoms with E-state index in [1.165, 1.54) is 250 Å². The summed E-state index contributed by atoms with van der Waals surface area (Å²) in [5.74, 6) is -0.776. The Morgan fingerprint density at radius 1 is 0.395 bits per heavy atom. The molecule has 9 nitrogen and oxygen atoms in total. The molecule has 1 N–H and O–H groups in total. The number of nitrogens with zero attached hydrogens (tertiary/aromatic N) is 1. The second-order valence-corrected chi connectivity index (χ2v) is 26.4. The molecular weight excluding hydrogens is 1030 g/mol. The summed E-state index contributed by atoms with van der Waals surface area (Å²) in [7, 11) is 1.50. The first-order valence-electron chi connectivity index (χ1n) is 34.9. The number of rotatable bonds is 65. The van der Waals surface area contributed by atoms with E-state index in [-0.39, 0.29) is 25.6 Å². The zero-order valence-corrected chi connectivity index (χ0v) is 55.2. The minimum atomic E-state index is -4.38. The van der Waals surface area contributed by atoms with Gasteiger partial charge in [-0.2, -0.15) is 0 Å². The third kappa shape index (κ3) is 67.0. The van der Waals surface area contributed by atoms with Crippen LogP contribution in [0.1, 0.15) is 341 Å². The van der Waals surface area contributed by atoms with Crippen LogP contribution in [-0.4, -0.2) is 74.9 Å². The molecule has 0 aliphatic heterocycles. The Balaban J connectivity index is 3.85. The van der Waals surface area contributed by atoms with Crippen molar-refractivity contribution in [3.63, 3.8) is 0 Å². The molecule has 0 radical (unpaired) electrons. The molecule has 81 heavy (non-hydrogen) atoms. The SMILES string of the molecule is CC/C=C\C/C=C\C/C=C\C/C=C\CCCCCCCCCCCCCCCCCCCCCCCCCCCCCCC(=O)OC(COC(=O)CCCCCCCCCCCCCCCCCC)COP(=O)(O)OCC[N+](C)(C)C. The van der Waals surface area contributed by atoms with Gasteiger partial charge in [0.2, 0.25) is 0 Å². The maximum Gasteiger partial charge on any atom is 0.472 e. The molecule has 0 aliphatic rings. The number of unbranched alkanes of at least 4 members (excludes halogenated alkanes) is 43. The lowest BCUT2D eigenvalue weighted by atomic mass is 10.0. The summed E-state index contributed by atoms with van der Waals surface area (Å²) in [4.78, 5) is 35.8. The Hall–Kier alpha value is -2.03. The maximum absolute atomic E-state index is 12.9. The summed E-state index contributed by atoms with van der Waals surface area (Å²) in [6, 6.07) is 0. The molecule has 0 aromatic carbocycles. The average Bonchev–Trinajstić information content (AvgIpc) is 3.43. The van der Waals surface area contributed by atoms with Gasteiger partial charge in [0.05, 0.1) is 27.7 Å². The minimum Gasteiger partial charge on any atom is -0.462 e. The molecule has 0 fully saturated rings. The van der Waals surface area contributed by atoms with Gasteiger partial charge < -0.3 is 18.9 Å². The molecule has 0 rings (SSSR count). The van der Waals surface area contributed by atoms with Crippen molar-refractivity contribution in [1.82, 2.24) is 0 Å². The molecule has 0 aromatic heterocycles. The van der Waals surface area contributed by atoms with E-state index in [9.17, 15) is 19.0 Å². The van der Waals surface area contributed by atoms with Crippen LogP contribution in [0.2, 0.25) is 0 Å². The van der Waals surface area contributed by atoms with Gasteiger partial charge in [0, 0.05) is 12.8 Å². The fraction of sp³-hybridized carbons (Fsp3) is 0.859. The van der Waals surface area contributed by atoms with Gasteiger partial charge in [0.15, 0.2) is 6.10 Å². The second-order valence-electron chi connectivity index (χ2n) is 24.9. The van der Waals surface area contributed by atoms with Gasteiger partial charge in [0.1, 0.15) is 19.8 Å². The predicted octanol–water partition coefficient (Wildman–Crippen LogP) is 22.4. The van der Waals surface area contributed by atoms with E-state index in [0.29, 0.717) is 23.9 Å². The first-order valence-corrected chi connectivity index (χ1v) is 36.4. The van der Waals surface area contributed by atoms with Crippen LogP contribution in [0.3, 0.4) is 0 Å². The van der Waals surface area contributed by atoms with Crippen molar-refractivity contribution in [2.24, 2.45) is 0 Å². The van der Waals surface area contributed by atoms with Crippen molar-refractivity contribution in [2.75, 3.05) is 47.5 Å². The van der Waals surface area contributed by atoms with E-state index in [0.717, 1.165) is 57.8 Å². The van der Waals surface area contributed by atoms with Crippen molar-refractivity contribution in [3.8, 4) is 0 Å². The Morgan fingerprint density at radius 2 is 0.704 bits per heavy atom. The molecule has 0 bridgehead atoms. The van der Waals surface area contributed by atoms with Gasteiger partial charge in [-0.25, -0.2) is 4.57 Å². The van der Waals surface area contributed by atoms with Crippen molar-refractivity contribution in [3.05, 3.63) is 48.6 Å². The largest absolute Gasteiger partial charge is 0.472 e. The van der Waals surface area contributed by atoms with Gasteiger partial charge in [-0.3, -0.25) is 18.6 Å². The Morgan fingerprint density at radius 3 is 1.05 bits per heavy atom. The smallest absolute Gasteiger partial charge is 0.462 e. The molecule has 0 amide bonds. The number of carbonyl (C=O) groups is 2. The molecule has 0 saturated carbocycles. The number of hydrogen-bond donors (Lipinski definition) is 1. The molecule has 0 aromatic rings. The maximum atomic E-state index is 12.9. The minimum absolute atomic E-state index is 0.0354. The van der Waals surface area contributed by atoms with Crippen LogP contribution in [0, 0.1) is 0 Å². The molecule has 2 unspecified atom stereocenters. The summed E-state index contributed by atoms with van der Waals surface area (Å²) in [5, 5.41) is 0. The van der Waals surface area contributed by atoms with Crippen LogP contribution in [-0.2, 0) is 32.7 Å². The van der Waals surface area contributed by atoms with Crippen LogP contribution < -0.4 is 0 Å². The molecular formula is C71H135NO8P+. The van der Waals surface area contributed by atoms with Gasteiger partial charge in [-0.05, 0) is 51.4 Å². The number of carbonyl (C=O) groups excluding carboxylic acids is 2. The highest BCUT2D eigenvalue weighted by molar-refractivity contribution is 7.47. The van der Waals surface area contributed by atoms with Crippen LogP contribution in [0.5, 0.6) is 0 Å². The standard InChI is InChI=1S/C71H134NO8P/c1-6-8-10-12-14-16-18-20-22-24-25-26-27-28-29-30-31-32-33-34-35-36-37-38-39-40-41-42-43-44-45-46-47-48-50-52-54-56-58-60-62-64-71(74)80-69(68-79-81(75,76)78-66-65-72(3,4)5)67-77-70(73)63-61-59-57-55-53-51-49-23-21-19-17-15-13-11-9-7-2/h8,10,14,16,20,22,25-26,69H,6-7,9,11-13,15,17-19,21,23-24,27-68H2,1-5H3/p+1/b10-8-,16-14-,22-20-,26-25-. The van der Waals surface area contributed by atoms with Crippen LogP contribution in [0.15, 0.2) is 48.6 Å². The number of ether oxygens (including phenoxy) is 2. The summed E-state index contributed by atoms with van der Waals surface area (Å²) >= 11 is 0. The number of hydrogen-bond acceptors (Lipinski definition) is 7. The zero-order valence-electron chi connectivity index (χ0n) is 54.3. The number of allylic oxidation sites excluding steroid dienone is 8. The lowest BCUT2D eigenvalue weighted by Crippen LogP contribution is -2.37. The van der Waals surface area contributed by atoms with Crippen LogP contribution in [0.4, 0.5) is 0 Å². The number of esters is 2. The number of likely N-dealkylation sites (N-methyl/N-ethyl adjacent to an activating group) is 1. The topological polar surface area (TPSA) is 108 Å². The highest BCUT2D eigenvalue weighted by atomic mass is 31.2. The summed E-state index contributed by atoms with van der Waals surface area (Å²) in [5.41, 5.74) is 0. The normalized spacial score (nSPS) is 13.4. The number of quaternary nitrogens is 1. The first kappa shape index (κ1) is 79.0. The van der Waals surface area contributed by atoms with E-state index in [4.69, 9.17) is 18.5 Å². The molecule has 2 atom stereocenters. The van der Waals surface area contributed by atoms with Gasteiger partial charge in [0.25, 0.3) is 0 Å². The molecule has 476 valence electrons. The lowest BCUT2D eigenvalue weighted by molar-refractivity contribution is -0.870. The van der Waals surface area contributed by atoms with Gasteiger partial charge >= 0.3 is 19.8 Å². The quantitative estimate of drug-likeness (QED) is 0.0211. The highest BCUT2D eigenvalue weighted by Gasteiger charge is 2.27. The van der Waals surface area contributed by atoms with E-state index in [1.807, 2.05) is 21.1 Å². The fourth-order valence-corrected chi connectivity index (χ4v) is 11.0. The summed E-state index contributed by atoms with van der Waals surface area (Å²) in [6.45, 7) is 4.38. The molecule has 0 heterocycles. The Kier molecular flexibility index (Phi) is 60.9. The van der Waals surface area contributed by atoms with Crippen molar-refractivity contribution in [1.29, 1.82) is 0 Å². The molecule has 0 aliphatic carbocycles. The zero-order chi connectivity index (χ0) is 59.1. The fourth-order valence-electron chi connectivity index (χ4n) is 10.3. The van der Waals surface area contributed by atoms with Crippen molar-refractivity contribution < 1.29 is 42.1 Å². The number of phosphoric ester groups is 1. The van der Waals surface area contributed by atoms with Gasteiger partial charge in [-0.1, -0.05) is 326 Å². The van der Waals surface area contributed by atoms with Crippen LogP contribution >= 0.6 is 7.82 Å². The Labute approximate surface area is 503 Å². The lowest BCUT2D eigenvalue weighted by Gasteiger charge is -2.24. The number of phosphoric acid groups is 1. The monoisotopic (exact) mass is 1160 g/mol. The first-order chi connectivity index (χ1) is 39.5. The third-order valence-corrected chi connectivity index (χ3v) is 16.6. The molecule has 0 saturated heterocycles. The van der Waals surface area contributed by atoms with Crippen molar-refractivity contribution >= 4 is 19.8 Å².